The van der Waals surface area contributed by atoms with E-state index in [1.807, 2.05) is 38.1 Å². The van der Waals surface area contributed by atoms with E-state index in [0.29, 0.717) is 6.54 Å². The number of hydrogen-bond donors (Lipinski definition) is 1. The Kier molecular flexibility index (Phi) is 7.03. The Morgan fingerprint density at radius 3 is 2.59 bits per heavy atom. The van der Waals surface area contributed by atoms with Crippen molar-refractivity contribution in [3.63, 3.8) is 0 Å². The molecule has 1 aliphatic carbocycles. The third-order valence-corrected chi connectivity index (χ3v) is 8.90. The van der Waals surface area contributed by atoms with Crippen molar-refractivity contribution >= 4 is 15.9 Å². The molecule has 0 unspecified atom stereocenters. The van der Waals surface area contributed by atoms with Gasteiger partial charge >= 0.3 is 0 Å². The molecule has 2 aromatic carbocycles. The molecule has 1 aliphatic heterocycles. The van der Waals surface area contributed by atoms with Crippen LogP contribution in [0.5, 0.6) is 5.75 Å². The molecule has 4 rings (SSSR count). The second-order valence-electron chi connectivity index (χ2n) is 9.71. The number of hydrogen-bond acceptors (Lipinski definition) is 5. The standard InChI is InChI=1S/C26H34N2O5S/c1-17-7-5-6-8-22(17)21-11-12-25-23(13-21)33-24(15-27(4)26(30)20-9-10-20)18(2)14-28(19(3)16-29)34(25,31)32/h5-8,11-13,18-20,24,29H,9-10,14-16H2,1-4H3/t18-,19-,24-/m1/s1. The Balaban J connectivity index is 1.78. The van der Waals surface area contributed by atoms with E-state index in [9.17, 15) is 18.3 Å². The first-order valence-electron chi connectivity index (χ1n) is 11.9. The second kappa shape index (κ2) is 9.68. The molecule has 2 aliphatic rings. The molecule has 1 amide bonds. The van der Waals surface area contributed by atoms with E-state index in [2.05, 4.69) is 0 Å². The summed E-state index contributed by atoms with van der Waals surface area (Å²) in [5.74, 6) is 0.285. The van der Waals surface area contributed by atoms with Crippen LogP contribution in [0.3, 0.4) is 0 Å². The van der Waals surface area contributed by atoms with Crippen molar-refractivity contribution in [2.24, 2.45) is 11.8 Å². The molecule has 0 aromatic heterocycles. The van der Waals surface area contributed by atoms with Crippen LogP contribution in [-0.4, -0.2) is 67.5 Å². The number of aliphatic hydroxyl groups is 1. The van der Waals surface area contributed by atoms with Crippen molar-refractivity contribution in [2.45, 2.75) is 50.7 Å². The van der Waals surface area contributed by atoms with Crippen LogP contribution in [0.25, 0.3) is 11.1 Å². The minimum atomic E-state index is -3.90. The first-order chi connectivity index (χ1) is 16.1. The zero-order valence-corrected chi connectivity index (χ0v) is 21.1. The highest BCUT2D eigenvalue weighted by atomic mass is 32.2. The van der Waals surface area contributed by atoms with E-state index in [0.717, 1.165) is 29.5 Å². The molecule has 1 fully saturated rings. The van der Waals surface area contributed by atoms with Crippen molar-refractivity contribution in [3.8, 4) is 16.9 Å². The van der Waals surface area contributed by atoms with E-state index in [4.69, 9.17) is 4.74 Å². The number of amides is 1. The average Bonchev–Trinajstić information content (AvgIpc) is 3.66. The molecule has 2 aromatic rings. The van der Waals surface area contributed by atoms with Gasteiger partial charge in [-0.1, -0.05) is 37.3 Å². The lowest BCUT2D eigenvalue weighted by molar-refractivity contribution is -0.132. The number of ether oxygens (including phenoxy) is 1. The van der Waals surface area contributed by atoms with Gasteiger partial charge in [-0.2, -0.15) is 4.31 Å². The molecule has 0 saturated heterocycles. The van der Waals surface area contributed by atoms with Gasteiger partial charge in [0.2, 0.25) is 15.9 Å². The Morgan fingerprint density at radius 1 is 1.24 bits per heavy atom. The van der Waals surface area contributed by atoms with E-state index < -0.39 is 22.2 Å². The monoisotopic (exact) mass is 486 g/mol. The molecule has 0 radical (unpaired) electrons. The molecule has 34 heavy (non-hydrogen) atoms. The molecule has 8 heteroatoms. The number of fused-ring (bicyclic) bond motifs is 1. The molecule has 0 bridgehead atoms. The fourth-order valence-corrected chi connectivity index (χ4v) is 6.34. The van der Waals surface area contributed by atoms with Gasteiger partial charge < -0.3 is 14.7 Å². The van der Waals surface area contributed by atoms with Crippen LogP contribution in [0.2, 0.25) is 0 Å². The molecule has 1 N–H and O–H groups in total. The summed E-state index contributed by atoms with van der Waals surface area (Å²) >= 11 is 0. The molecule has 1 saturated carbocycles. The van der Waals surface area contributed by atoms with Gasteiger partial charge in [0.25, 0.3) is 0 Å². The maximum atomic E-state index is 13.6. The van der Waals surface area contributed by atoms with E-state index in [-0.39, 0.29) is 41.5 Å². The second-order valence-corrected chi connectivity index (χ2v) is 11.6. The molecule has 1 heterocycles. The Labute approximate surface area is 202 Å². The molecule has 7 nitrogen and oxygen atoms in total. The van der Waals surface area contributed by atoms with Crippen molar-refractivity contribution in [1.29, 1.82) is 0 Å². The predicted molar refractivity (Wildman–Crippen MR) is 131 cm³/mol. The van der Waals surface area contributed by atoms with Crippen LogP contribution in [0.1, 0.15) is 32.3 Å². The summed E-state index contributed by atoms with van der Waals surface area (Å²) in [5.41, 5.74) is 2.94. The van der Waals surface area contributed by atoms with Gasteiger partial charge in [-0.15, -0.1) is 0 Å². The SMILES string of the molecule is Cc1ccccc1-c1ccc2c(c1)O[C@H](CN(C)C(=O)C1CC1)[C@H](C)CN([C@H](C)CO)S2(=O)=O. The quantitative estimate of drug-likeness (QED) is 0.677. The van der Waals surface area contributed by atoms with Crippen LogP contribution in [0.4, 0.5) is 0 Å². The number of sulfonamides is 1. The molecular weight excluding hydrogens is 452 g/mol. The van der Waals surface area contributed by atoms with Gasteiger partial charge in [0, 0.05) is 31.5 Å². The number of nitrogens with zero attached hydrogens (tertiary/aromatic N) is 2. The topological polar surface area (TPSA) is 87.2 Å². The Morgan fingerprint density at radius 2 is 1.94 bits per heavy atom. The summed E-state index contributed by atoms with van der Waals surface area (Å²) in [6.07, 6.45) is 1.45. The molecular formula is C26H34N2O5S. The Hall–Kier alpha value is -2.42. The van der Waals surface area contributed by atoms with Crippen molar-refractivity contribution in [3.05, 3.63) is 48.0 Å². The summed E-state index contributed by atoms with van der Waals surface area (Å²) in [6.45, 7) is 5.92. The predicted octanol–water partition coefficient (Wildman–Crippen LogP) is 3.30. The third kappa shape index (κ3) is 4.85. The van der Waals surface area contributed by atoms with Crippen LogP contribution < -0.4 is 4.74 Å². The Bertz CT molecular complexity index is 1160. The van der Waals surface area contributed by atoms with Crippen LogP contribution in [0.15, 0.2) is 47.4 Å². The van der Waals surface area contributed by atoms with Crippen LogP contribution in [-0.2, 0) is 14.8 Å². The van der Waals surface area contributed by atoms with Crippen LogP contribution in [0, 0.1) is 18.8 Å². The molecule has 0 spiro atoms. The van der Waals surface area contributed by atoms with Gasteiger partial charge in [0.1, 0.15) is 16.7 Å². The van der Waals surface area contributed by atoms with Gasteiger partial charge in [-0.05, 0) is 55.5 Å². The van der Waals surface area contributed by atoms with Crippen molar-refractivity contribution in [2.75, 3.05) is 26.7 Å². The molecule has 184 valence electrons. The summed E-state index contributed by atoms with van der Waals surface area (Å²) in [4.78, 5) is 14.4. The van der Waals surface area contributed by atoms with E-state index in [1.165, 1.54) is 4.31 Å². The minimum absolute atomic E-state index is 0.0817. The molecule has 3 atom stereocenters. The number of carbonyl (C=O) groups is 1. The first-order valence-corrected chi connectivity index (χ1v) is 13.3. The summed E-state index contributed by atoms with van der Waals surface area (Å²) in [5, 5.41) is 9.80. The zero-order valence-electron chi connectivity index (χ0n) is 20.3. The fraction of sp³-hybridized carbons (Fsp3) is 0.500. The van der Waals surface area contributed by atoms with Crippen molar-refractivity contribution < 1.29 is 23.1 Å². The van der Waals surface area contributed by atoms with Crippen molar-refractivity contribution in [1.82, 2.24) is 9.21 Å². The number of rotatable bonds is 6. The number of carbonyl (C=O) groups excluding carboxylic acids is 1. The lowest BCUT2D eigenvalue weighted by Gasteiger charge is -2.37. The highest BCUT2D eigenvalue weighted by molar-refractivity contribution is 7.89. The maximum Gasteiger partial charge on any atom is 0.247 e. The highest BCUT2D eigenvalue weighted by Crippen LogP contribution is 2.37. The van der Waals surface area contributed by atoms with Gasteiger partial charge in [-0.25, -0.2) is 8.42 Å². The van der Waals surface area contributed by atoms with Gasteiger partial charge in [0.05, 0.1) is 13.2 Å². The largest absolute Gasteiger partial charge is 0.487 e. The highest BCUT2D eigenvalue weighted by Gasteiger charge is 2.39. The zero-order chi connectivity index (χ0) is 24.6. The van der Waals surface area contributed by atoms with Gasteiger partial charge in [-0.3, -0.25) is 4.79 Å². The van der Waals surface area contributed by atoms with E-state index in [1.54, 1.807) is 37.1 Å². The minimum Gasteiger partial charge on any atom is -0.487 e. The third-order valence-electron chi connectivity index (χ3n) is 6.88. The average molecular weight is 487 g/mol. The number of benzene rings is 2. The number of likely N-dealkylation sites (N-methyl/N-ethyl adjacent to an activating group) is 1. The first kappa shape index (κ1) is 24.7. The summed E-state index contributed by atoms with van der Waals surface area (Å²) in [7, 11) is -2.12. The smallest absolute Gasteiger partial charge is 0.247 e. The fourth-order valence-electron chi connectivity index (χ4n) is 4.51. The maximum absolute atomic E-state index is 13.6. The van der Waals surface area contributed by atoms with Crippen LogP contribution >= 0.6 is 0 Å². The lowest BCUT2D eigenvalue weighted by Crippen LogP contribution is -2.50. The normalized spacial score (nSPS) is 23.2. The number of aliphatic hydroxyl groups excluding tert-OH is 1. The van der Waals surface area contributed by atoms with Gasteiger partial charge in [0.15, 0.2) is 0 Å². The van der Waals surface area contributed by atoms with E-state index >= 15 is 0 Å². The summed E-state index contributed by atoms with van der Waals surface area (Å²) in [6, 6.07) is 12.5. The number of aryl methyl sites for hydroxylation is 1. The summed E-state index contributed by atoms with van der Waals surface area (Å²) < 4.78 is 35.1. The lowest BCUT2D eigenvalue weighted by atomic mass is 10.00.